The summed E-state index contributed by atoms with van der Waals surface area (Å²) in [5, 5.41) is 40.6. The van der Waals surface area contributed by atoms with E-state index in [1.807, 2.05) is 0 Å². The van der Waals surface area contributed by atoms with Crippen molar-refractivity contribution in [1.82, 2.24) is 5.64 Å². The van der Waals surface area contributed by atoms with E-state index < -0.39 is 30.6 Å². The average molecular weight is 315 g/mol. The van der Waals surface area contributed by atoms with E-state index in [9.17, 15) is 14.4 Å². The molecule has 0 bridgehead atoms. The van der Waals surface area contributed by atoms with Crippen LogP contribution in [0, 0.1) is 0 Å². The Morgan fingerprint density at radius 2 is 1.33 bits per heavy atom. The zero-order valence-corrected chi connectivity index (χ0v) is 10.8. The number of hydrogen-bond acceptors (Lipinski definition) is 9. The second-order valence-electron chi connectivity index (χ2n) is 2.99. The topological polar surface area (TPSA) is 192 Å². The third-order valence-electron chi connectivity index (χ3n) is 1.33. The summed E-state index contributed by atoms with van der Waals surface area (Å²) in [6.45, 7) is -0.731. The zero-order chi connectivity index (χ0) is 16.7. The van der Waals surface area contributed by atoms with Gasteiger partial charge in [0.25, 0.3) is 6.10 Å². The van der Waals surface area contributed by atoms with Crippen LogP contribution in [0.5, 0.6) is 0 Å². The van der Waals surface area contributed by atoms with E-state index in [4.69, 9.17) is 25.5 Å². The molecule has 0 fully saturated rings. The highest BCUT2D eigenvalue weighted by Crippen LogP contribution is 1.92. The van der Waals surface area contributed by atoms with Crippen molar-refractivity contribution >= 4 is 17.9 Å². The second kappa shape index (κ2) is 14.6. The lowest BCUT2D eigenvalue weighted by Gasteiger charge is -2.05. The highest BCUT2D eigenvalue weighted by Gasteiger charge is 2.27. The molecule has 0 saturated carbocycles. The Balaban J connectivity index is 0. The van der Waals surface area contributed by atoms with Crippen LogP contribution >= 0.6 is 0 Å². The van der Waals surface area contributed by atoms with Crippen LogP contribution in [0.1, 0.15) is 0 Å². The fraction of sp³-hybridized carbons (Fsp3) is 0.667. The van der Waals surface area contributed by atoms with Crippen molar-refractivity contribution < 1.29 is 54.3 Å². The minimum Gasteiger partial charge on any atom is -0.480 e. The monoisotopic (exact) mass is 315 g/mol. The summed E-state index contributed by atoms with van der Waals surface area (Å²) in [6.07, 6.45) is -2.12. The first-order valence-corrected chi connectivity index (χ1v) is 5.36. The molecule has 0 radical (unpaired) electrons. The van der Waals surface area contributed by atoms with Crippen LogP contribution in [0.15, 0.2) is 0 Å². The van der Waals surface area contributed by atoms with Crippen molar-refractivity contribution in [2.75, 3.05) is 33.0 Å². The molecule has 0 rings (SSSR count). The standard InChI is InChI=1S/C5H6O7.C4H11NO4/c6-2(7)1-12-3(4(8)9)5(10)11;6-1-3-8-5-9-4-2-7/h3H,1H2,(H,6,7)(H,8,9)(H,10,11);5-7H,1-4H2. The predicted molar refractivity (Wildman–Crippen MR) is 61.9 cm³/mol. The maximum Gasteiger partial charge on any atom is 0.344 e. The first-order valence-electron chi connectivity index (χ1n) is 5.36. The molecule has 0 aromatic rings. The number of aliphatic hydroxyl groups excluding tert-OH is 2. The van der Waals surface area contributed by atoms with Gasteiger partial charge in [-0.25, -0.2) is 14.4 Å². The molecule has 0 spiro atoms. The Labute approximate surface area is 118 Å². The van der Waals surface area contributed by atoms with E-state index in [2.05, 4.69) is 20.1 Å². The summed E-state index contributed by atoms with van der Waals surface area (Å²) >= 11 is 0. The Kier molecular flexibility index (Phi) is 14.9. The fourth-order valence-electron chi connectivity index (χ4n) is 0.619. The van der Waals surface area contributed by atoms with Gasteiger partial charge in [0.05, 0.1) is 26.4 Å². The first-order chi connectivity index (χ1) is 9.86. The summed E-state index contributed by atoms with van der Waals surface area (Å²) < 4.78 is 4.03. The maximum atomic E-state index is 10.1. The Bertz CT molecular complexity index is 288. The molecule has 0 aliphatic rings. The van der Waals surface area contributed by atoms with E-state index in [0.29, 0.717) is 0 Å². The quantitative estimate of drug-likeness (QED) is 0.129. The number of rotatable bonds is 11. The second-order valence-corrected chi connectivity index (χ2v) is 2.99. The smallest absolute Gasteiger partial charge is 0.344 e. The normalized spacial score (nSPS) is 9.86. The fourth-order valence-corrected chi connectivity index (χ4v) is 0.619. The third-order valence-corrected chi connectivity index (χ3v) is 1.33. The van der Waals surface area contributed by atoms with Gasteiger partial charge in [0.15, 0.2) is 0 Å². The van der Waals surface area contributed by atoms with E-state index in [1.165, 1.54) is 0 Å². The highest BCUT2D eigenvalue weighted by atomic mass is 16.9. The SMILES string of the molecule is O=C(O)COC(C(=O)O)C(=O)O.OCCONOCCO. The Morgan fingerprint density at radius 3 is 1.62 bits per heavy atom. The molecule has 0 aromatic carbocycles. The van der Waals surface area contributed by atoms with Crippen LogP contribution in [0.25, 0.3) is 0 Å². The predicted octanol–water partition coefficient (Wildman–Crippen LogP) is -2.95. The van der Waals surface area contributed by atoms with Gasteiger partial charge in [0.1, 0.15) is 6.61 Å². The molecule has 12 nitrogen and oxygen atoms in total. The number of carbonyl (C=O) groups is 3. The molecule has 21 heavy (non-hydrogen) atoms. The van der Waals surface area contributed by atoms with Crippen molar-refractivity contribution in [3.8, 4) is 0 Å². The third kappa shape index (κ3) is 16.1. The number of carboxylic acid groups (broad SMARTS) is 3. The van der Waals surface area contributed by atoms with Crippen LogP contribution in [0.4, 0.5) is 0 Å². The molecule has 0 aliphatic carbocycles. The number of carboxylic acids is 3. The summed E-state index contributed by atoms with van der Waals surface area (Å²) in [7, 11) is 0. The molecule has 0 aromatic heterocycles. The number of ether oxygens (including phenoxy) is 1. The van der Waals surface area contributed by atoms with Crippen molar-refractivity contribution in [3.63, 3.8) is 0 Å². The molecule has 0 heterocycles. The van der Waals surface area contributed by atoms with Crippen LogP contribution in [0.2, 0.25) is 0 Å². The maximum absolute atomic E-state index is 10.1. The van der Waals surface area contributed by atoms with Gasteiger partial charge in [-0.3, -0.25) is 9.68 Å². The molecule has 6 N–H and O–H groups in total. The van der Waals surface area contributed by atoms with Crippen molar-refractivity contribution in [2.24, 2.45) is 0 Å². The number of nitrogens with one attached hydrogen (secondary N) is 1. The van der Waals surface area contributed by atoms with Gasteiger partial charge in [-0.1, -0.05) is 5.64 Å². The van der Waals surface area contributed by atoms with E-state index in [1.54, 1.807) is 0 Å². The summed E-state index contributed by atoms with van der Waals surface area (Å²) in [5.74, 6) is -4.89. The molecule has 124 valence electrons. The summed E-state index contributed by atoms with van der Waals surface area (Å²) in [4.78, 5) is 38.9. The van der Waals surface area contributed by atoms with Gasteiger partial charge < -0.3 is 30.3 Å². The minimum absolute atomic E-state index is 0.0600. The van der Waals surface area contributed by atoms with Gasteiger partial charge in [0.2, 0.25) is 0 Å². The Hall–Kier alpha value is -1.83. The van der Waals surface area contributed by atoms with Gasteiger partial charge >= 0.3 is 17.9 Å². The van der Waals surface area contributed by atoms with Crippen LogP contribution in [-0.4, -0.2) is 82.6 Å². The van der Waals surface area contributed by atoms with Crippen LogP contribution < -0.4 is 5.64 Å². The van der Waals surface area contributed by atoms with Gasteiger partial charge in [-0.05, 0) is 0 Å². The summed E-state index contributed by atoms with van der Waals surface area (Å²) in [6, 6.07) is 0. The molecular formula is C9H17NO11. The zero-order valence-electron chi connectivity index (χ0n) is 10.8. The van der Waals surface area contributed by atoms with Crippen molar-refractivity contribution in [3.05, 3.63) is 0 Å². The van der Waals surface area contributed by atoms with E-state index in [0.717, 1.165) is 0 Å². The lowest BCUT2D eigenvalue weighted by Crippen LogP contribution is -2.34. The average Bonchev–Trinajstić information content (AvgIpc) is 2.38. The first kappa shape index (κ1) is 21.5. The van der Waals surface area contributed by atoms with Gasteiger partial charge in [-0.2, -0.15) is 0 Å². The largest absolute Gasteiger partial charge is 0.480 e. The van der Waals surface area contributed by atoms with Gasteiger partial charge in [-0.15, -0.1) is 0 Å². The number of aliphatic hydroxyl groups is 2. The Morgan fingerprint density at radius 1 is 0.905 bits per heavy atom. The molecule has 0 amide bonds. The molecular weight excluding hydrogens is 298 g/mol. The molecule has 0 unspecified atom stereocenters. The van der Waals surface area contributed by atoms with Crippen LogP contribution in [-0.2, 0) is 28.8 Å². The van der Waals surface area contributed by atoms with Crippen molar-refractivity contribution in [1.29, 1.82) is 0 Å². The van der Waals surface area contributed by atoms with E-state index in [-0.39, 0.29) is 26.4 Å². The molecule has 12 heteroatoms. The minimum atomic E-state index is -2.12. The molecule has 0 aliphatic heterocycles. The molecule has 0 atom stereocenters. The van der Waals surface area contributed by atoms with E-state index >= 15 is 0 Å². The lowest BCUT2D eigenvalue weighted by molar-refractivity contribution is -0.178. The van der Waals surface area contributed by atoms with Crippen molar-refractivity contribution in [2.45, 2.75) is 6.10 Å². The highest BCUT2D eigenvalue weighted by molar-refractivity contribution is 5.96. The van der Waals surface area contributed by atoms with Gasteiger partial charge in [0, 0.05) is 0 Å². The number of aliphatic carboxylic acids is 3. The van der Waals surface area contributed by atoms with Crippen LogP contribution in [0.3, 0.4) is 0 Å². The summed E-state index contributed by atoms with van der Waals surface area (Å²) in [5.41, 5.74) is 2.07. The molecule has 0 saturated heterocycles. The number of hydrogen-bond donors (Lipinski definition) is 6. The lowest BCUT2D eigenvalue weighted by atomic mass is 10.4.